The summed E-state index contributed by atoms with van der Waals surface area (Å²) in [4.78, 5) is 14.8. The number of carbonyl (C=O) groups excluding carboxylic acids is 1. The van der Waals surface area contributed by atoms with Crippen LogP contribution in [0.1, 0.15) is 35.6 Å². The number of rotatable bonds is 8. The molecule has 2 atom stereocenters. The predicted molar refractivity (Wildman–Crippen MR) is 118 cm³/mol. The van der Waals surface area contributed by atoms with Gasteiger partial charge in [-0.2, -0.15) is 8.78 Å². The van der Waals surface area contributed by atoms with E-state index in [9.17, 15) is 14.3 Å². The molecule has 178 valence electrons. The molecule has 2 aromatic rings. The van der Waals surface area contributed by atoms with E-state index >= 15 is 8.78 Å². The van der Waals surface area contributed by atoms with Crippen molar-refractivity contribution in [2.75, 3.05) is 26.7 Å². The van der Waals surface area contributed by atoms with Crippen molar-refractivity contribution in [1.82, 2.24) is 10.2 Å². The van der Waals surface area contributed by atoms with Crippen LogP contribution in [0.4, 0.5) is 13.2 Å². The number of nitrogens with zero attached hydrogens (tertiary/aromatic N) is 1. The Morgan fingerprint density at radius 1 is 1.18 bits per heavy atom. The molecule has 0 aromatic heterocycles. The second-order valence-electron chi connectivity index (χ2n) is 8.92. The monoisotopic (exact) mass is 462 g/mol. The standard InChI is InChI=1S/C25H29F3N2O3/c1-33-22-9-8-18(14-20(22)26)23(31)21(15-30-10-4-5-11-30)29-24(32)25(27,28)19-12-16-6-2-3-7-17(16)13-19/h2-3,6-9,14,19,21,23,31H,4-5,10-13,15H2,1H3,(H,29,32)/t21-,23?/m1/s1. The third-order valence-electron chi connectivity index (χ3n) is 6.74. The van der Waals surface area contributed by atoms with Gasteiger partial charge in [0.15, 0.2) is 11.6 Å². The molecule has 1 heterocycles. The SMILES string of the molecule is COc1ccc(C(O)[C@@H](CN2CCCC2)NC(=O)C(F)(F)C2Cc3ccccc3C2)cc1F. The Kier molecular flexibility index (Phi) is 6.95. The average molecular weight is 463 g/mol. The van der Waals surface area contributed by atoms with Crippen LogP contribution in [0, 0.1) is 11.7 Å². The Balaban J connectivity index is 1.52. The lowest BCUT2D eigenvalue weighted by molar-refractivity contribution is -0.155. The van der Waals surface area contributed by atoms with Gasteiger partial charge in [0.25, 0.3) is 5.91 Å². The van der Waals surface area contributed by atoms with Crippen LogP contribution in [0.25, 0.3) is 0 Å². The van der Waals surface area contributed by atoms with E-state index in [1.807, 2.05) is 17.0 Å². The number of ether oxygens (including phenoxy) is 1. The summed E-state index contributed by atoms with van der Waals surface area (Å²) in [6.45, 7) is 1.70. The first-order valence-corrected chi connectivity index (χ1v) is 11.3. The highest BCUT2D eigenvalue weighted by atomic mass is 19.3. The Labute approximate surface area is 191 Å². The first kappa shape index (κ1) is 23.6. The molecule has 5 nitrogen and oxygen atoms in total. The molecule has 4 rings (SSSR count). The number of hydrogen-bond donors (Lipinski definition) is 2. The van der Waals surface area contributed by atoms with Gasteiger partial charge in [0.1, 0.15) is 6.10 Å². The maximum absolute atomic E-state index is 15.2. The average Bonchev–Trinajstić information content (AvgIpc) is 3.48. The molecule has 1 aliphatic heterocycles. The quantitative estimate of drug-likeness (QED) is 0.631. The van der Waals surface area contributed by atoms with E-state index in [1.165, 1.54) is 19.2 Å². The van der Waals surface area contributed by atoms with Crippen LogP contribution >= 0.6 is 0 Å². The number of aliphatic hydroxyl groups is 1. The Bertz CT molecular complexity index is 970. The zero-order valence-electron chi connectivity index (χ0n) is 18.6. The van der Waals surface area contributed by atoms with Crippen molar-refractivity contribution in [3.05, 3.63) is 65.0 Å². The van der Waals surface area contributed by atoms with Gasteiger partial charge in [-0.1, -0.05) is 30.3 Å². The van der Waals surface area contributed by atoms with Gasteiger partial charge in [-0.3, -0.25) is 4.79 Å². The number of carbonyl (C=O) groups is 1. The number of amides is 1. The summed E-state index contributed by atoms with van der Waals surface area (Å²) in [5.41, 5.74) is 1.85. The minimum absolute atomic E-state index is 0.0124. The van der Waals surface area contributed by atoms with Crippen molar-refractivity contribution in [2.45, 2.75) is 43.8 Å². The van der Waals surface area contributed by atoms with E-state index < -0.39 is 35.7 Å². The summed E-state index contributed by atoms with van der Waals surface area (Å²) in [6.07, 6.45) is 0.820. The topological polar surface area (TPSA) is 61.8 Å². The van der Waals surface area contributed by atoms with E-state index in [0.717, 1.165) is 43.1 Å². The molecule has 1 aliphatic carbocycles. The number of methoxy groups -OCH3 is 1. The van der Waals surface area contributed by atoms with Crippen molar-refractivity contribution >= 4 is 5.91 Å². The number of fused-ring (bicyclic) bond motifs is 1. The second-order valence-corrected chi connectivity index (χ2v) is 8.92. The molecule has 8 heteroatoms. The van der Waals surface area contributed by atoms with Gasteiger partial charge in [-0.15, -0.1) is 0 Å². The maximum Gasteiger partial charge on any atom is 0.327 e. The molecule has 0 bridgehead atoms. The van der Waals surface area contributed by atoms with Gasteiger partial charge in [-0.25, -0.2) is 4.39 Å². The van der Waals surface area contributed by atoms with Gasteiger partial charge in [0, 0.05) is 12.5 Å². The van der Waals surface area contributed by atoms with E-state index in [1.54, 1.807) is 12.1 Å². The number of likely N-dealkylation sites (tertiary alicyclic amines) is 1. The lowest BCUT2D eigenvalue weighted by atomic mass is 9.95. The third-order valence-corrected chi connectivity index (χ3v) is 6.74. The number of benzene rings is 2. The molecular weight excluding hydrogens is 433 g/mol. The Hall–Kier alpha value is -2.58. The van der Waals surface area contributed by atoms with Crippen LogP contribution in [-0.2, 0) is 17.6 Å². The van der Waals surface area contributed by atoms with Gasteiger partial charge in [0.05, 0.1) is 13.2 Å². The highest BCUT2D eigenvalue weighted by Gasteiger charge is 2.50. The minimum Gasteiger partial charge on any atom is -0.494 e. The summed E-state index contributed by atoms with van der Waals surface area (Å²) in [6, 6.07) is 10.2. The largest absolute Gasteiger partial charge is 0.494 e. The van der Waals surface area contributed by atoms with E-state index in [-0.39, 0.29) is 30.7 Å². The lowest BCUT2D eigenvalue weighted by Crippen LogP contribution is -2.54. The predicted octanol–water partition coefficient (Wildman–Crippen LogP) is 3.50. The van der Waals surface area contributed by atoms with Gasteiger partial charge < -0.3 is 20.1 Å². The van der Waals surface area contributed by atoms with Crippen LogP contribution in [0.5, 0.6) is 5.75 Å². The molecule has 0 saturated carbocycles. The molecule has 0 radical (unpaired) electrons. The minimum atomic E-state index is -3.60. The second kappa shape index (κ2) is 9.73. The number of aliphatic hydroxyl groups excluding tert-OH is 1. The number of nitrogens with one attached hydrogen (secondary N) is 1. The highest BCUT2D eigenvalue weighted by molar-refractivity contribution is 5.84. The van der Waals surface area contributed by atoms with Crippen molar-refractivity contribution in [3.8, 4) is 5.75 Å². The number of hydrogen-bond acceptors (Lipinski definition) is 4. The van der Waals surface area contributed by atoms with Crippen LogP contribution < -0.4 is 10.1 Å². The van der Waals surface area contributed by atoms with Gasteiger partial charge in [-0.05, 0) is 67.6 Å². The van der Waals surface area contributed by atoms with E-state index in [2.05, 4.69) is 5.32 Å². The van der Waals surface area contributed by atoms with E-state index in [4.69, 9.17) is 4.74 Å². The molecule has 1 fully saturated rings. The number of alkyl halides is 2. The number of halogens is 3. The molecule has 0 spiro atoms. The van der Waals surface area contributed by atoms with Gasteiger partial charge in [0.2, 0.25) is 0 Å². The third kappa shape index (κ3) is 5.01. The molecule has 2 N–H and O–H groups in total. The van der Waals surface area contributed by atoms with Crippen LogP contribution in [0.3, 0.4) is 0 Å². The summed E-state index contributed by atoms with van der Waals surface area (Å²) in [5, 5.41) is 13.4. The summed E-state index contributed by atoms with van der Waals surface area (Å²) >= 11 is 0. The zero-order chi connectivity index (χ0) is 23.6. The molecule has 2 aromatic carbocycles. The zero-order valence-corrected chi connectivity index (χ0v) is 18.6. The lowest BCUT2D eigenvalue weighted by Gasteiger charge is -2.31. The Morgan fingerprint density at radius 3 is 2.39 bits per heavy atom. The van der Waals surface area contributed by atoms with Crippen LogP contribution in [-0.4, -0.2) is 54.6 Å². The van der Waals surface area contributed by atoms with Crippen LogP contribution in [0.15, 0.2) is 42.5 Å². The van der Waals surface area contributed by atoms with Crippen molar-refractivity contribution in [3.63, 3.8) is 0 Å². The van der Waals surface area contributed by atoms with Crippen molar-refractivity contribution < 1.29 is 27.8 Å². The summed E-state index contributed by atoms with van der Waals surface area (Å²) in [5.74, 6) is -6.81. The maximum atomic E-state index is 15.2. The Morgan fingerprint density at radius 2 is 1.82 bits per heavy atom. The fourth-order valence-corrected chi connectivity index (χ4v) is 4.83. The molecule has 33 heavy (non-hydrogen) atoms. The van der Waals surface area contributed by atoms with Crippen molar-refractivity contribution in [1.29, 1.82) is 0 Å². The molecule has 1 saturated heterocycles. The normalized spacial score (nSPS) is 18.7. The van der Waals surface area contributed by atoms with E-state index in [0.29, 0.717) is 0 Å². The van der Waals surface area contributed by atoms with Gasteiger partial charge >= 0.3 is 5.92 Å². The fourth-order valence-electron chi connectivity index (χ4n) is 4.83. The molecule has 1 unspecified atom stereocenters. The smallest absolute Gasteiger partial charge is 0.327 e. The molecule has 2 aliphatic rings. The van der Waals surface area contributed by atoms with Crippen molar-refractivity contribution in [2.24, 2.45) is 5.92 Å². The highest BCUT2D eigenvalue weighted by Crippen LogP contribution is 2.37. The summed E-state index contributed by atoms with van der Waals surface area (Å²) in [7, 11) is 1.33. The van der Waals surface area contributed by atoms with Crippen LogP contribution in [0.2, 0.25) is 0 Å². The summed E-state index contributed by atoms with van der Waals surface area (Å²) < 4.78 is 49.5. The fraction of sp³-hybridized carbons (Fsp3) is 0.480. The first-order chi connectivity index (χ1) is 15.8. The molecular formula is C25H29F3N2O3. The molecule has 1 amide bonds. The first-order valence-electron chi connectivity index (χ1n) is 11.3.